The van der Waals surface area contributed by atoms with E-state index in [1.807, 2.05) is 38.1 Å². The van der Waals surface area contributed by atoms with Gasteiger partial charge < -0.3 is 25.4 Å². The summed E-state index contributed by atoms with van der Waals surface area (Å²) < 4.78 is 30.5. The smallest absolute Gasteiger partial charge is 0.388 e. The second-order valence-electron chi connectivity index (χ2n) is 10.5. The molecule has 38 heavy (non-hydrogen) atoms. The van der Waals surface area contributed by atoms with Crippen LogP contribution in [0.15, 0.2) is 36.4 Å². The number of aryl methyl sites for hydroxylation is 1. The Morgan fingerprint density at radius 1 is 1.16 bits per heavy atom. The number of aromatic nitrogens is 1. The second kappa shape index (κ2) is 11.4. The van der Waals surface area contributed by atoms with Crippen molar-refractivity contribution in [2.75, 3.05) is 31.5 Å². The molecule has 2 amide bonds. The van der Waals surface area contributed by atoms with Crippen LogP contribution in [0.2, 0.25) is 0 Å². The lowest BCUT2D eigenvalue weighted by atomic mass is 9.69. The van der Waals surface area contributed by atoms with Crippen LogP contribution in [-0.2, 0) is 19.8 Å². The largest absolute Gasteiger partial charge is 0.481 e. The lowest BCUT2D eigenvalue weighted by molar-refractivity contribution is -0.148. The number of hydrogen-bond acceptors (Lipinski definition) is 6. The normalized spacial score (nSPS) is 14.8. The maximum Gasteiger partial charge on any atom is 0.388 e. The van der Waals surface area contributed by atoms with Gasteiger partial charge in [-0.1, -0.05) is 38.1 Å². The minimum Gasteiger partial charge on any atom is -0.481 e. The summed E-state index contributed by atoms with van der Waals surface area (Å²) >= 11 is 0. The van der Waals surface area contributed by atoms with Gasteiger partial charge >= 0.3 is 12.6 Å². The van der Waals surface area contributed by atoms with Gasteiger partial charge in [0.05, 0.1) is 12.0 Å². The lowest BCUT2D eigenvalue weighted by Crippen LogP contribution is -2.67. The highest BCUT2D eigenvalue weighted by Crippen LogP contribution is 2.40. The van der Waals surface area contributed by atoms with Crippen molar-refractivity contribution in [2.24, 2.45) is 5.41 Å². The zero-order valence-electron chi connectivity index (χ0n) is 22.2. The van der Waals surface area contributed by atoms with Gasteiger partial charge in [0, 0.05) is 25.3 Å². The zero-order chi connectivity index (χ0) is 28.3. The van der Waals surface area contributed by atoms with E-state index in [-0.39, 0.29) is 43.7 Å². The maximum atomic E-state index is 13.8. The number of rotatable bonds is 11. The number of nitrogens with one attached hydrogen (secondary N) is 2. The number of anilines is 1. The number of benzene rings is 1. The van der Waals surface area contributed by atoms with Gasteiger partial charge in [0.15, 0.2) is 0 Å². The first-order valence-electron chi connectivity index (χ1n) is 12.3. The third-order valence-corrected chi connectivity index (χ3v) is 6.68. The van der Waals surface area contributed by atoms with Crippen LogP contribution in [0.25, 0.3) is 0 Å². The van der Waals surface area contributed by atoms with E-state index in [0.29, 0.717) is 5.69 Å². The SMILES string of the molecule is Cc1ccc(NC(=O)C2(c3ccccc3C(C)C)CN(C(=O)CNCC(C)(C)C(=O)O)C2)c(OC(F)F)n1. The third-order valence-electron chi connectivity index (χ3n) is 6.68. The number of ether oxygens (including phenoxy) is 1. The minimum absolute atomic E-state index is 0.00430. The number of carboxylic acids is 1. The van der Waals surface area contributed by atoms with Crippen LogP contribution in [-0.4, -0.2) is 65.6 Å². The van der Waals surface area contributed by atoms with Crippen molar-refractivity contribution in [3.05, 3.63) is 53.2 Å². The van der Waals surface area contributed by atoms with E-state index < -0.39 is 35.2 Å². The maximum absolute atomic E-state index is 13.8. The first-order valence-corrected chi connectivity index (χ1v) is 12.3. The van der Waals surface area contributed by atoms with E-state index >= 15 is 0 Å². The second-order valence-corrected chi connectivity index (χ2v) is 10.5. The molecule has 1 aliphatic heterocycles. The van der Waals surface area contributed by atoms with Crippen LogP contribution in [0, 0.1) is 12.3 Å². The number of pyridine rings is 1. The van der Waals surface area contributed by atoms with E-state index in [1.165, 1.54) is 11.0 Å². The predicted molar refractivity (Wildman–Crippen MR) is 137 cm³/mol. The van der Waals surface area contributed by atoms with Crippen LogP contribution in [0.4, 0.5) is 14.5 Å². The summed E-state index contributed by atoms with van der Waals surface area (Å²) in [7, 11) is 0. The summed E-state index contributed by atoms with van der Waals surface area (Å²) in [5.74, 6) is -2.05. The van der Waals surface area contributed by atoms with Gasteiger partial charge in [0.25, 0.3) is 0 Å². The molecule has 1 aliphatic rings. The van der Waals surface area contributed by atoms with E-state index in [1.54, 1.807) is 26.8 Å². The molecule has 1 saturated heterocycles. The van der Waals surface area contributed by atoms with E-state index in [0.717, 1.165) is 11.1 Å². The van der Waals surface area contributed by atoms with Gasteiger partial charge in [0.1, 0.15) is 11.1 Å². The van der Waals surface area contributed by atoms with Crippen LogP contribution in [0.3, 0.4) is 0 Å². The molecule has 0 spiro atoms. The number of nitrogens with zero attached hydrogens (tertiary/aromatic N) is 2. The topological polar surface area (TPSA) is 121 Å². The number of likely N-dealkylation sites (tertiary alicyclic amines) is 1. The van der Waals surface area contributed by atoms with Crippen molar-refractivity contribution in [1.29, 1.82) is 0 Å². The quantitative estimate of drug-likeness (QED) is 0.405. The first-order chi connectivity index (χ1) is 17.8. The lowest BCUT2D eigenvalue weighted by Gasteiger charge is -2.50. The summed E-state index contributed by atoms with van der Waals surface area (Å²) in [6, 6.07) is 10.5. The molecule has 3 N–H and O–H groups in total. The van der Waals surface area contributed by atoms with Gasteiger partial charge in [-0.25, -0.2) is 4.98 Å². The third kappa shape index (κ3) is 6.27. The molecule has 0 bridgehead atoms. The minimum atomic E-state index is -3.12. The highest BCUT2D eigenvalue weighted by Gasteiger charge is 2.53. The molecule has 0 unspecified atom stereocenters. The summed E-state index contributed by atoms with van der Waals surface area (Å²) in [5.41, 5.74) is -0.0591. The Morgan fingerprint density at radius 2 is 1.82 bits per heavy atom. The standard InChI is InChI=1S/C27H34F2N4O5/c1-16(2)18-8-6-7-9-19(18)27(14-33(15-27)21(34)12-30-13-26(4,5)24(36)37)23(35)32-20-11-10-17(3)31-22(20)38-25(28)29/h6-11,16,25,30H,12-15H2,1-5H3,(H,32,35)(H,36,37). The summed E-state index contributed by atoms with van der Waals surface area (Å²) in [6.07, 6.45) is 0. The fourth-order valence-corrected chi connectivity index (χ4v) is 4.37. The van der Waals surface area contributed by atoms with Gasteiger partial charge in [0.2, 0.25) is 17.7 Å². The Kier molecular flexibility index (Phi) is 8.71. The number of carbonyl (C=O) groups excluding carboxylic acids is 2. The molecular formula is C27H34F2N4O5. The average molecular weight is 533 g/mol. The van der Waals surface area contributed by atoms with Crippen LogP contribution < -0.4 is 15.4 Å². The van der Waals surface area contributed by atoms with Gasteiger partial charge in [-0.2, -0.15) is 8.78 Å². The number of amides is 2. The van der Waals surface area contributed by atoms with Crippen molar-refractivity contribution in [3.63, 3.8) is 0 Å². The summed E-state index contributed by atoms with van der Waals surface area (Å²) in [6.45, 7) is 5.74. The number of carboxylic acid groups (broad SMARTS) is 1. The molecule has 1 fully saturated rings. The zero-order valence-corrected chi connectivity index (χ0v) is 22.2. The van der Waals surface area contributed by atoms with Crippen molar-refractivity contribution in [1.82, 2.24) is 15.2 Å². The molecule has 0 atom stereocenters. The van der Waals surface area contributed by atoms with Crippen molar-refractivity contribution in [2.45, 2.75) is 52.6 Å². The van der Waals surface area contributed by atoms with Gasteiger partial charge in [-0.3, -0.25) is 14.4 Å². The van der Waals surface area contributed by atoms with E-state index in [4.69, 9.17) is 0 Å². The summed E-state index contributed by atoms with van der Waals surface area (Å²) in [5, 5.41) is 14.9. The van der Waals surface area contributed by atoms with Crippen LogP contribution >= 0.6 is 0 Å². The number of hydrogen-bond donors (Lipinski definition) is 3. The van der Waals surface area contributed by atoms with Crippen molar-refractivity contribution >= 4 is 23.5 Å². The number of alkyl halides is 2. The Morgan fingerprint density at radius 3 is 2.42 bits per heavy atom. The molecule has 2 heterocycles. The molecule has 0 radical (unpaired) electrons. The van der Waals surface area contributed by atoms with E-state index in [2.05, 4.69) is 20.4 Å². The van der Waals surface area contributed by atoms with Gasteiger partial charge in [-0.05, 0) is 49.9 Å². The molecule has 9 nitrogen and oxygen atoms in total. The molecule has 0 aliphatic carbocycles. The molecule has 1 aromatic carbocycles. The summed E-state index contributed by atoms with van der Waals surface area (Å²) in [4.78, 5) is 43.5. The average Bonchev–Trinajstić information content (AvgIpc) is 2.80. The molecule has 206 valence electrons. The van der Waals surface area contributed by atoms with Crippen LogP contribution in [0.5, 0.6) is 5.88 Å². The first kappa shape index (κ1) is 29.0. The Bertz CT molecular complexity index is 1200. The Hall–Kier alpha value is -3.60. The number of halogens is 2. The molecule has 1 aromatic heterocycles. The Balaban J connectivity index is 1.86. The van der Waals surface area contributed by atoms with Gasteiger partial charge in [-0.15, -0.1) is 0 Å². The van der Waals surface area contributed by atoms with Crippen molar-refractivity contribution in [3.8, 4) is 5.88 Å². The monoisotopic (exact) mass is 532 g/mol. The fraction of sp³-hybridized carbons (Fsp3) is 0.481. The highest BCUT2D eigenvalue weighted by atomic mass is 19.3. The Labute approximate surface area is 220 Å². The highest BCUT2D eigenvalue weighted by molar-refractivity contribution is 6.02. The van der Waals surface area contributed by atoms with Crippen molar-refractivity contribution < 1.29 is 33.0 Å². The molecular weight excluding hydrogens is 498 g/mol. The predicted octanol–water partition coefficient (Wildman–Crippen LogP) is 3.53. The number of aliphatic carboxylic acids is 1. The number of carbonyl (C=O) groups is 3. The van der Waals surface area contributed by atoms with E-state index in [9.17, 15) is 28.3 Å². The molecule has 3 rings (SSSR count). The fourth-order valence-electron chi connectivity index (χ4n) is 4.37. The molecule has 11 heteroatoms. The van der Waals surface area contributed by atoms with Crippen LogP contribution in [0.1, 0.15) is 50.4 Å². The molecule has 0 saturated carbocycles. The molecule has 2 aromatic rings.